The summed E-state index contributed by atoms with van der Waals surface area (Å²) >= 11 is 5.46. The summed E-state index contributed by atoms with van der Waals surface area (Å²) in [4.78, 5) is 12.3. The number of hydrogen-bond acceptors (Lipinski definition) is 2. The Balaban J connectivity index is 1.96. The van der Waals surface area contributed by atoms with Crippen molar-refractivity contribution < 1.29 is 4.79 Å². The van der Waals surface area contributed by atoms with Gasteiger partial charge >= 0.3 is 0 Å². The Labute approximate surface area is 127 Å². The van der Waals surface area contributed by atoms with Gasteiger partial charge in [-0.2, -0.15) is 11.8 Å². The van der Waals surface area contributed by atoms with Crippen molar-refractivity contribution in [2.24, 2.45) is 0 Å². The number of carbonyl (C=O) groups is 1. The van der Waals surface area contributed by atoms with E-state index in [2.05, 4.69) is 28.2 Å². The molecule has 0 heterocycles. The maximum Gasteiger partial charge on any atom is 0.252 e. The summed E-state index contributed by atoms with van der Waals surface area (Å²) in [5.41, 5.74) is 1.85. The molecular weight excluding hydrogens is 322 g/mol. The van der Waals surface area contributed by atoms with E-state index in [9.17, 15) is 4.79 Å². The van der Waals surface area contributed by atoms with E-state index in [0.717, 1.165) is 39.4 Å². The number of hydrogen-bond donors (Lipinski definition) is 1. The summed E-state index contributed by atoms with van der Waals surface area (Å²) in [7, 11) is 0. The Kier molecular flexibility index (Phi) is 5.34. The van der Waals surface area contributed by atoms with E-state index in [0.29, 0.717) is 6.04 Å². The van der Waals surface area contributed by atoms with Crippen molar-refractivity contribution in [3.05, 3.63) is 33.8 Å². The van der Waals surface area contributed by atoms with Crippen molar-refractivity contribution in [3.8, 4) is 0 Å². The summed E-state index contributed by atoms with van der Waals surface area (Å²) in [6.45, 7) is 4.20. The van der Waals surface area contributed by atoms with Crippen molar-refractivity contribution in [1.29, 1.82) is 0 Å². The zero-order chi connectivity index (χ0) is 13.8. The lowest BCUT2D eigenvalue weighted by molar-refractivity contribution is 0.0937. The predicted molar refractivity (Wildman–Crippen MR) is 85.9 cm³/mol. The summed E-state index contributed by atoms with van der Waals surface area (Å²) in [5.74, 6) is 1.21. The molecule has 0 saturated heterocycles. The van der Waals surface area contributed by atoms with Gasteiger partial charge in [0, 0.05) is 15.8 Å². The van der Waals surface area contributed by atoms with Gasteiger partial charge in [0.15, 0.2) is 0 Å². The molecule has 1 aromatic carbocycles. The molecule has 1 aliphatic rings. The van der Waals surface area contributed by atoms with Crippen LogP contribution in [0.4, 0.5) is 0 Å². The SMILES string of the molecule is CCSC1CCC(NC(=O)c2cc(C)ccc2Br)C1. The number of aryl methyl sites for hydroxylation is 1. The Morgan fingerprint density at radius 2 is 2.26 bits per heavy atom. The van der Waals surface area contributed by atoms with Crippen LogP contribution in [0.25, 0.3) is 0 Å². The average Bonchev–Trinajstić information content (AvgIpc) is 2.80. The minimum absolute atomic E-state index is 0.0442. The third kappa shape index (κ3) is 3.99. The quantitative estimate of drug-likeness (QED) is 0.890. The molecule has 0 radical (unpaired) electrons. The highest BCUT2D eigenvalue weighted by Gasteiger charge is 2.26. The molecule has 0 aromatic heterocycles. The molecule has 19 heavy (non-hydrogen) atoms. The average molecular weight is 342 g/mol. The zero-order valence-electron chi connectivity index (χ0n) is 11.4. The molecule has 104 valence electrons. The first-order valence-electron chi connectivity index (χ1n) is 6.78. The van der Waals surface area contributed by atoms with Gasteiger partial charge in [0.1, 0.15) is 0 Å². The van der Waals surface area contributed by atoms with Crippen LogP contribution >= 0.6 is 27.7 Å². The normalized spacial score (nSPS) is 22.5. The Morgan fingerprint density at radius 1 is 1.47 bits per heavy atom. The highest BCUT2D eigenvalue weighted by Crippen LogP contribution is 2.30. The monoisotopic (exact) mass is 341 g/mol. The number of carbonyl (C=O) groups excluding carboxylic acids is 1. The molecule has 2 rings (SSSR count). The van der Waals surface area contributed by atoms with Gasteiger partial charge in [0.05, 0.1) is 5.56 Å². The van der Waals surface area contributed by atoms with Gasteiger partial charge in [-0.05, 0) is 60.0 Å². The molecule has 1 amide bonds. The third-order valence-electron chi connectivity index (χ3n) is 3.49. The molecule has 1 aliphatic carbocycles. The lowest BCUT2D eigenvalue weighted by Crippen LogP contribution is -2.33. The zero-order valence-corrected chi connectivity index (χ0v) is 13.8. The maximum atomic E-state index is 12.3. The number of thioether (sulfide) groups is 1. The second kappa shape index (κ2) is 6.80. The Morgan fingerprint density at radius 3 is 3.00 bits per heavy atom. The molecule has 1 fully saturated rings. The largest absolute Gasteiger partial charge is 0.349 e. The second-order valence-corrected chi connectivity index (χ2v) is 7.48. The topological polar surface area (TPSA) is 29.1 Å². The molecule has 2 unspecified atom stereocenters. The summed E-state index contributed by atoms with van der Waals surface area (Å²) in [5, 5.41) is 3.89. The summed E-state index contributed by atoms with van der Waals surface area (Å²) in [6.07, 6.45) is 3.43. The van der Waals surface area contributed by atoms with Crippen LogP contribution in [0.3, 0.4) is 0 Å². The van der Waals surface area contributed by atoms with Crippen molar-refractivity contribution >= 4 is 33.6 Å². The molecule has 1 N–H and O–H groups in total. The van der Waals surface area contributed by atoms with Gasteiger partial charge in [-0.15, -0.1) is 0 Å². The molecule has 2 atom stereocenters. The first kappa shape index (κ1) is 14.9. The van der Waals surface area contributed by atoms with E-state index in [1.165, 1.54) is 6.42 Å². The van der Waals surface area contributed by atoms with E-state index >= 15 is 0 Å². The van der Waals surface area contributed by atoms with Crippen LogP contribution in [-0.4, -0.2) is 23.0 Å². The second-order valence-electron chi connectivity index (χ2n) is 5.04. The fourth-order valence-corrected chi connectivity index (χ4v) is 4.10. The first-order valence-corrected chi connectivity index (χ1v) is 8.63. The minimum Gasteiger partial charge on any atom is -0.349 e. The van der Waals surface area contributed by atoms with Crippen molar-refractivity contribution in [2.75, 3.05) is 5.75 Å². The standard InChI is InChI=1S/C15H20BrNOS/c1-3-19-12-6-5-11(9-12)17-15(18)13-8-10(2)4-7-14(13)16/h4,7-8,11-12H,3,5-6,9H2,1-2H3,(H,17,18). The molecule has 2 nitrogen and oxygen atoms in total. The summed E-state index contributed by atoms with van der Waals surface area (Å²) in [6, 6.07) is 6.22. The maximum absolute atomic E-state index is 12.3. The molecule has 1 saturated carbocycles. The van der Waals surface area contributed by atoms with Gasteiger partial charge in [-0.25, -0.2) is 0 Å². The first-order chi connectivity index (χ1) is 9.10. The fourth-order valence-electron chi connectivity index (χ4n) is 2.53. The van der Waals surface area contributed by atoms with Crippen molar-refractivity contribution in [3.63, 3.8) is 0 Å². The van der Waals surface area contributed by atoms with E-state index in [1.54, 1.807) is 0 Å². The van der Waals surface area contributed by atoms with E-state index in [4.69, 9.17) is 0 Å². The van der Waals surface area contributed by atoms with Gasteiger partial charge < -0.3 is 5.32 Å². The highest BCUT2D eigenvalue weighted by molar-refractivity contribution is 9.10. The molecule has 0 aliphatic heterocycles. The number of benzene rings is 1. The van der Waals surface area contributed by atoms with E-state index in [-0.39, 0.29) is 5.91 Å². The smallest absolute Gasteiger partial charge is 0.252 e. The van der Waals surface area contributed by atoms with Gasteiger partial charge in [-0.3, -0.25) is 4.79 Å². The number of nitrogens with one attached hydrogen (secondary N) is 1. The number of amides is 1. The van der Waals surface area contributed by atoms with Crippen LogP contribution in [-0.2, 0) is 0 Å². The molecule has 0 bridgehead atoms. The molecule has 4 heteroatoms. The molecular formula is C15H20BrNOS. The van der Waals surface area contributed by atoms with Crippen LogP contribution in [0.2, 0.25) is 0 Å². The van der Waals surface area contributed by atoms with Gasteiger partial charge in [0.25, 0.3) is 5.91 Å². The molecule has 1 aromatic rings. The lowest BCUT2D eigenvalue weighted by atomic mass is 10.1. The van der Waals surface area contributed by atoms with Crippen LogP contribution < -0.4 is 5.32 Å². The van der Waals surface area contributed by atoms with Crippen LogP contribution in [0.1, 0.15) is 42.1 Å². The Bertz CT molecular complexity index is 463. The van der Waals surface area contributed by atoms with Crippen LogP contribution in [0, 0.1) is 6.92 Å². The lowest BCUT2D eigenvalue weighted by Gasteiger charge is -2.14. The fraction of sp³-hybridized carbons (Fsp3) is 0.533. The summed E-state index contributed by atoms with van der Waals surface area (Å²) < 4.78 is 0.869. The minimum atomic E-state index is 0.0442. The van der Waals surface area contributed by atoms with Gasteiger partial charge in [0.2, 0.25) is 0 Å². The van der Waals surface area contributed by atoms with Crippen molar-refractivity contribution in [2.45, 2.75) is 44.4 Å². The van der Waals surface area contributed by atoms with E-state index < -0.39 is 0 Å². The number of halogens is 1. The number of rotatable bonds is 4. The van der Waals surface area contributed by atoms with Crippen molar-refractivity contribution in [1.82, 2.24) is 5.32 Å². The highest BCUT2D eigenvalue weighted by atomic mass is 79.9. The predicted octanol–water partition coefficient (Wildman–Crippen LogP) is 4.16. The molecule has 0 spiro atoms. The Hall–Kier alpha value is -0.480. The van der Waals surface area contributed by atoms with E-state index in [1.807, 2.05) is 36.9 Å². The van der Waals surface area contributed by atoms with Crippen LogP contribution in [0.5, 0.6) is 0 Å². The van der Waals surface area contributed by atoms with Gasteiger partial charge in [-0.1, -0.05) is 18.6 Å². The van der Waals surface area contributed by atoms with Crippen LogP contribution in [0.15, 0.2) is 22.7 Å². The third-order valence-corrected chi connectivity index (χ3v) is 5.41.